The topological polar surface area (TPSA) is 92.2 Å². The lowest BCUT2D eigenvalue weighted by Crippen LogP contribution is -2.30. The molecule has 2 rings (SSSR count). The predicted molar refractivity (Wildman–Crippen MR) is 73.3 cm³/mol. The van der Waals surface area contributed by atoms with Crippen LogP contribution in [0.2, 0.25) is 5.15 Å². The van der Waals surface area contributed by atoms with Crippen molar-refractivity contribution in [2.45, 2.75) is 26.2 Å². The summed E-state index contributed by atoms with van der Waals surface area (Å²) in [6, 6.07) is 1.50. The summed E-state index contributed by atoms with van der Waals surface area (Å²) in [5.41, 5.74) is 0. The lowest BCUT2D eigenvalue weighted by atomic mass is 9.95. The molecule has 20 heavy (non-hydrogen) atoms. The highest BCUT2D eigenvalue weighted by Gasteiger charge is 2.42. The normalized spacial score (nSPS) is 25.4. The summed E-state index contributed by atoms with van der Waals surface area (Å²) in [4.78, 5) is 31.2. The molecule has 7 heteroatoms. The van der Waals surface area contributed by atoms with Gasteiger partial charge in [-0.3, -0.25) is 14.9 Å². The molecule has 1 aromatic rings. The zero-order valence-corrected chi connectivity index (χ0v) is 11.8. The van der Waals surface area contributed by atoms with E-state index in [1.807, 2.05) is 6.92 Å². The molecule has 1 aliphatic rings. The lowest BCUT2D eigenvalue weighted by molar-refractivity contribution is -0.145. The molecule has 1 aromatic heterocycles. The van der Waals surface area contributed by atoms with Crippen LogP contribution in [-0.2, 0) is 9.59 Å². The fourth-order valence-corrected chi connectivity index (χ4v) is 2.78. The number of nitrogens with one attached hydrogen (secondary N) is 1. The molecule has 0 bridgehead atoms. The van der Waals surface area contributed by atoms with Crippen LogP contribution in [0.1, 0.15) is 26.2 Å². The van der Waals surface area contributed by atoms with Gasteiger partial charge in [0.1, 0.15) is 5.15 Å². The van der Waals surface area contributed by atoms with Crippen LogP contribution >= 0.6 is 11.6 Å². The first-order valence-electron chi connectivity index (χ1n) is 6.53. The van der Waals surface area contributed by atoms with Crippen molar-refractivity contribution in [3.8, 4) is 0 Å². The molecule has 0 saturated heterocycles. The number of carboxylic acids is 1. The van der Waals surface area contributed by atoms with Crippen LogP contribution in [0.15, 0.2) is 12.3 Å². The predicted octanol–water partition coefficient (Wildman–Crippen LogP) is 2.21. The molecule has 0 aromatic carbocycles. The number of carboxylic acid groups (broad SMARTS) is 1. The Morgan fingerprint density at radius 3 is 2.75 bits per heavy atom. The molecule has 1 amide bonds. The fourth-order valence-electron chi connectivity index (χ4n) is 2.64. The second kappa shape index (κ2) is 6.17. The maximum absolute atomic E-state index is 12.2. The van der Waals surface area contributed by atoms with E-state index in [4.69, 9.17) is 11.6 Å². The van der Waals surface area contributed by atoms with Gasteiger partial charge < -0.3 is 5.11 Å². The van der Waals surface area contributed by atoms with Gasteiger partial charge in [0.05, 0.1) is 11.8 Å². The average molecular weight is 298 g/mol. The first kappa shape index (κ1) is 14.7. The van der Waals surface area contributed by atoms with Gasteiger partial charge in [0, 0.05) is 6.20 Å². The molecule has 0 spiro atoms. The quantitative estimate of drug-likeness (QED) is 0.831. The molecular formula is C13H16ClN3O3. The number of rotatable bonds is 4. The summed E-state index contributed by atoms with van der Waals surface area (Å²) in [6.07, 6.45) is 3.44. The van der Waals surface area contributed by atoms with Crippen molar-refractivity contribution in [3.63, 3.8) is 0 Å². The second-order valence-electron chi connectivity index (χ2n) is 4.99. The van der Waals surface area contributed by atoms with Gasteiger partial charge in [-0.15, -0.1) is 0 Å². The van der Waals surface area contributed by atoms with E-state index in [0.717, 1.165) is 6.42 Å². The summed E-state index contributed by atoms with van der Waals surface area (Å²) >= 11 is 5.72. The molecule has 3 atom stereocenters. The highest BCUT2D eigenvalue weighted by atomic mass is 35.5. The third kappa shape index (κ3) is 3.25. The molecule has 108 valence electrons. The number of halogens is 1. The van der Waals surface area contributed by atoms with Gasteiger partial charge in [0.15, 0.2) is 0 Å². The highest BCUT2D eigenvalue weighted by molar-refractivity contribution is 6.29. The molecule has 1 fully saturated rings. The second-order valence-corrected chi connectivity index (χ2v) is 5.38. The largest absolute Gasteiger partial charge is 0.481 e. The van der Waals surface area contributed by atoms with E-state index < -0.39 is 17.8 Å². The van der Waals surface area contributed by atoms with Crippen molar-refractivity contribution >= 4 is 29.4 Å². The minimum atomic E-state index is -0.923. The van der Waals surface area contributed by atoms with E-state index >= 15 is 0 Å². The smallest absolute Gasteiger partial charge is 0.307 e. The van der Waals surface area contributed by atoms with Crippen LogP contribution in [0.25, 0.3) is 0 Å². The molecule has 6 nitrogen and oxygen atoms in total. The standard InChI is InChI=1S/C13H16ClN3O3/c1-2-7-5-8(9(6-7)12(19)20)11(18)17-13-15-4-3-10(14)16-13/h3-4,7-9H,2,5-6H2,1H3,(H,19,20)(H,15,16,17,18). The molecule has 3 unspecified atom stereocenters. The summed E-state index contributed by atoms with van der Waals surface area (Å²) in [5, 5.41) is 12.0. The van der Waals surface area contributed by atoms with Crippen molar-refractivity contribution in [1.82, 2.24) is 9.97 Å². The molecule has 0 radical (unpaired) electrons. The van der Waals surface area contributed by atoms with Crippen LogP contribution in [0.4, 0.5) is 5.95 Å². The zero-order chi connectivity index (χ0) is 14.7. The van der Waals surface area contributed by atoms with E-state index in [9.17, 15) is 14.7 Å². The molecule has 0 aliphatic heterocycles. The van der Waals surface area contributed by atoms with Gasteiger partial charge in [-0.25, -0.2) is 9.97 Å². The lowest BCUT2D eigenvalue weighted by Gasteiger charge is -2.14. The number of amides is 1. The van der Waals surface area contributed by atoms with E-state index in [1.54, 1.807) is 0 Å². The van der Waals surface area contributed by atoms with E-state index in [2.05, 4.69) is 15.3 Å². The number of carbonyl (C=O) groups excluding carboxylic acids is 1. The molecular weight excluding hydrogens is 282 g/mol. The number of aliphatic carboxylic acids is 1. The highest BCUT2D eigenvalue weighted by Crippen LogP contribution is 2.38. The first-order valence-corrected chi connectivity index (χ1v) is 6.91. The van der Waals surface area contributed by atoms with Gasteiger partial charge in [-0.2, -0.15) is 0 Å². The zero-order valence-electron chi connectivity index (χ0n) is 11.0. The van der Waals surface area contributed by atoms with Crippen LogP contribution < -0.4 is 5.32 Å². The minimum absolute atomic E-state index is 0.103. The van der Waals surface area contributed by atoms with E-state index in [-0.39, 0.29) is 22.9 Å². The van der Waals surface area contributed by atoms with E-state index in [0.29, 0.717) is 12.8 Å². The third-order valence-electron chi connectivity index (χ3n) is 3.75. The minimum Gasteiger partial charge on any atom is -0.481 e. The van der Waals surface area contributed by atoms with Gasteiger partial charge in [0.25, 0.3) is 0 Å². The van der Waals surface area contributed by atoms with Gasteiger partial charge in [-0.1, -0.05) is 24.9 Å². The number of anilines is 1. The number of nitrogens with zero attached hydrogens (tertiary/aromatic N) is 2. The maximum Gasteiger partial charge on any atom is 0.307 e. The molecule has 1 saturated carbocycles. The SMILES string of the molecule is CCC1CC(C(=O)O)C(C(=O)Nc2nccc(Cl)n2)C1. The Kier molecular flexibility index (Phi) is 4.54. The van der Waals surface area contributed by atoms with Crippen molar-refractivity contribution in [1.29, 1.82) is 0 Å². The third-order valence-corrected chi connectivity index (χ3v) is 3.96. The monoisotopic (exact) mass is 297 g/mol. The van der Waals surface area contributed by atoms with Crippen LogP contribution in [0.3, 0.4) is 0 Å². The molecule has 1 heterocycles. The maximum atomic E-state index is 12.2. The van der Waals surface area contributed by atoms with Crippen LogP contribution in [0.5, 0.6) is 0 Å². The summed E-state index contributed by atoms with van der Waals surface area (Å²) in [6.45, 7) is 2.00. The Balaban J connectivity index is 2.09. The molecule has 1 aliphatic carbocycles. The summed E-state index contributed by atoms with van der Waals surface area (Å²) < 4.78 is 0. The number of hydrogen-bond donors (Lipinski definition) is 2. The van der Waals surface area contributed by atoms with Gasteiger partial charge >= 0.3 is 5.97 Å². The molecule has 2 N–H and O–H groups in total. The van der Waals surface area contributed by atoms with Crippen molar-refractivity contribution in [2.24, 2.45) is 17.8 Å². The van der Waals surface area contributed by atoms with E-state index in [1.165, 1.54) is 12.3 Å². The number of hydrogen-bond acceptors (Lipinski definition) is 4. The Hall–Kier alpha value is -1.69. The fraction of sp³-hybridized carbons (Fsp3) is 0.538. The van der Waals surface area contributed by atoms with Crippen molar-refractivity contribution in [2.75, 3.05) is 5.32 Å². The Morgan fingerprint density at radius 1 is 1.45 bits per heavy atom. The Labute approximate surface area is 121 Å². The van der Waals surface area contributed by atoms with Crippen LogP contribution in [0, 0.1) is 17.8 Å². The number of aromatic nitrogens is 2. The first-order chi connectivity index (χ1) is 9.51. The van der Waals surface area contributed by atoms with Gasteiger partial charge in [-0.05, 0) is 24.8 Å². The van der Waals surface area contributed by atoms with Crippen molar-refractivity contribution in [3.05, 3.63) is 17.4 Å². The summed E-state index contributed by atoms with van der Waals surface area (Å²) in [5.74, 6) is -2.08. The van der Waals surface area contributed by atoms with Gasteiger partial charge in [0.2, 0.25) is 11.9 Å². The Morgan fingerprint density at radius 2 is 2.15 bits per heavy atom. The van der Waals surface area contributed by atoms with Crippen LogP contribution in [-0.4, -0.2) is 27.0 Å². The number of carbonyl (C=O) groups is 2. The van der Waals surface area contributed by atoms with Crippen molar-refractivity contribution < 1.29 is 14.7 Å². The Bertz CT molecular complexity index is 523. The average Bonchev–Trinajstić information content (AvgIpc) is 2.83. The summed E-state index contributed by atoms with van der Waals surface area (Å²) in [7, 11) is 0.